The van der Waals surface area contributed by atoms with Crippen LogP contribution in [-0.4, -0.2) is 50.5 Å². The van der Waals surface area contributed by atoms with Crippen LogP contribution in [0.4, 0.5) is 5.82 Å². The minimum Gasteiger partial charge on any atom is -0.356 e. The highest BCUT2D eigenvalue weighted by Gasteiger charge is 2.28. The molecule has 3 heterocycles. The third-order valence-electron chi connectivity index (χ3n) is 5.21. The molecule has 0 aliphatic carbocycles. The fourth-order valence-electron chi connectivity index (χ4n) is 3.65. The van der Waals surface area contributed by atoms with E-state index >= 15 is 0 Å². The smallest absolute Gasteiger partial charge is 0.225 e. The van der Waals surface area contributed by atoms with E-state index in [1.807, 2.05) is 47.0 Å². The number of anilines is 1. The zero-order valence-corrected chi connectivity index (χ0v) is 16.0. The van der Waals surface area contributed by atoms with E-state index in [-0.39, 0.29) is 11.8 Å². The Balaban J connectivity index is 1.35. The van der Waals surface area contributed by atoms with Gasteiger partial charge in [-0.05, 0) is 18.4 Å². The molecule has 0 radical (unpaired) electrons. The second-order valence-corrected chi connectivity index (χ2v) is 7.15. The van der Waals surface area contributed by atoms with Crippen molar-refractivity contribution in [3.63, 3.8) is 0 Å². The van der Waals surface area contributed by atoms with Gasteiger partial charge in [-0.25, -0.2) is 15.0 Å². The van der Waals surface area contributed by atoms with Gasteiger partial charge in [0.15, 0.2) is 0 Å². The lowest BCUT2D eigenvalue weighted by Crippen LogP contribution is -2.41. The van der Waals surface area contributed by atoms with Crippen LogP contribution in [0.1, 0.15) is 18.4 Å². The molecule has 0 saturated carbocycles. The van der Waals surface area contributed by atoms with Gasteiger partial charge in [-0.1, -0.05) is 30.3 Å². The molecule has 7 nitrogen and oxygen atoms in total. The molecular weight excluding hydrogens is 352 g/mol. The number of carbonyl (C=O) groups is 1. The van der Waals surface area contributed by atoms with Crippen molar-refractivity contribution in [3.05, 3.63) is 67.0 Å². The number of rotatable bonds is 5. The number of hydrogen-bond acceptors (Lipinski definition) is 5. The molecular formula is C21H24N6O. The summed E-state index contributed by atoms with van der Waals surface area (Å²) in [5.74, 6) is 1.98. The Hall–Kier alpha value is -3.22. The maximum atomic E-state index is 12.8. The lowest BCUT2D eigenvalue weighted by molar-refractivity contribution is -0.135. The highest BCUT2D eigenvalue weighted by atomic mass is 16.2. The van der Waals surface area contributed by atoms with Crippen LogP contribution in [0.25, 0.3) is 5.82 Å². The van der Waals surface area contributed by atoms with E-state index in [2.05, 4.69) is 32.0 Å². The van der Waals surface area contributed by atoms with Gasteiger partial charge in [-0.2, -0.15) is 0 Å². The maximum absolute atomic E-state index is 12.8. The zero-order chi connectivity index (χ0) is 19.3. The molecule has 1 amide bonds. The van der Waals surface area contributed by atoms with Gasteiger partial charge in [0, 0.05) is 51.1 Å². The maximum Gasteiger partial charge on any atom is 0.225 e. The number of amides is 1. The molecule has 0 bridgehead atoms. The Morgan fingerprint density at radius 3 is 2.61 bits per heavy atom. The fourth-order valence-corrected chi connectivity index (χ4v) is 3.65. The third kappa shape index (κ3) is 4.03. The molecule has 0 N–H and O–H groups in total. The lowest BCUT2D eigenvalue weighted by Gasteiger charge is -2.34. The van der Waals surface area contributed by atoms with Gasteiger partial charge in [0.1, 0.15) is 24.3 Å². The molecule has 3 aromatic rings. The number of aromatic nitrogens is 4. The van der Waals surface area contributed by atoms with Crippen LogP contribution in [-0.2, 0) is 11.3 Å². The standard InChI is InChI=1S/C21H24N6O/c1-25(14-17-5-3-2-4-6-17)21(28)18-7-10-26(11-8-18)19-13-20(24-15-23-19)27-12-9-22-16-27/h2-6,9,12-13,15-16,18H,7-8,10-11,14H2,1H3. The van der Waals surface area contributed by atoms with Crippen molar-refractivity contribution in [2.75, 3.05) is 25.0 Å². The monoisotopic (exact) mass is 376 g/mol. The average molecular weight is 376 g/mol. The first-order chi connectivity index (χ1) is 13.7. The van der Waals surface area contributed by atoms with E-state index in [0.29, 0.717) is 6.54 Å². The minimum absolute atomic E-state index is 0.0694. The van der Waals surface area contributed by atoms with E-state index in [1.165, 1.54) is 0 Å². The number of benzene rings is 1. The van der Waals surface area contributed by atoms with Crippen molar-refractivity contribution in [2.45, 2.75) is 19.4 Å². The number of hydrogen-bond donors (Lipinski definition) is 0. The summed E-state index contributed by atoms with van der Waals surface area (Å²) in [7, 11) is 1.89. The highest BCUT2D eigenvalue weighted by Crippen LogP contribution is 2.24. The lowest BCUT2D eigenvalue weighted by atomic mass is 9.95. The van der Waals surface area contributed by atoms with E-state index in [1.54, 1.807) is 18.9 Å². The van der Waals surface area contributed by atoms with Crippen molar-refractivity contribution >= 4 is 11.7 Å². The van der Waals surface area contributed by atoms with Crippen molar-refractivity contribution in [2.24, 2.45) is 5.92 Å². The molecule has 1 aromatic carbocycles. The van der Waals surface area contributed by atoms with Crippen LogP contribution >= 0.6 is 0 Å². The molecule has 28 heavy (non-hydrogen) atoms. The van der Waals surface area contributed by atoms with Gasteiger partial charge in [0.2, 0.25) is 5.91 Å². The van der Waals surface area contributed by atoms with Gasteiger partial charge in [0.25, 0.3) is 0 Å². The molecule has 7 heteroatoms. The van der Waals surface area contributed by atoms with Gasteiger partial charge < -0.3 is 9.80 Å². The first kappa shape index (κ1) is 18.2. The van der Waals surface area contributed by atoms with Crippen molar-refractivity contribution in [1.29, 1.82) is 0 Å². The summed E-state index contributed by atoms with van der Waals surface area (Å²) in [5, 5.41) is 0. The number of carbonyl (C=O) groups excluding carboxylic acids is 1. The van der Waals surface area contributed by atoms with Crippen LogP contribution in [0.5, 0.6) is 0 Å². The topological polar surface area (TPSA) is 67.2 Å². The summed E-state index contributed by atoms with van der Waals surface area (Å²) in [6, 6.07) is 12.1. The van der Waals surface area contributed by atoms with Crippen LogP contribution in [0.3, 0.4) is 0 Å². The Bertz CT molecular complexity index is 904. The van der Waals surface area contributed by atoms with Crippen LogP contribution in [0, 0.1) is 5.92 Å². The summed E-state index contributed by atoms with van der Waals surface area (Å²) in [5.41, 5.74) is 1.16. The van der Waals surface area contributed by atoms with Gasteiger partial charge >= 0.3 is 0 Å². The van der Waals surface area contributed by atoms with Gasteiger partial charge in [-0.3, -0.25) is 9.36 Å². The summed E-state index contributed by atoms with van der Waals surface area (Å²) in [6.45, 7) is 2.28. The Morgan fingerprint density at radius 2 is 1.89 bits per heavy atom. The highest BCUT2D eigenvalue weighted by molar-refractivity contribution is 5.79. The normalized spacial score (nSPS) is 14.8. The first-order valence-corrected chi connectivity index (χ1v) is 9.55. The van der Waals surface area contributed by atoms with Crippen molar-refractivity contribution in [3.8, 4) is 5.82 Å². The van der Waals surface area contributed by atoms with Gasteiger partial charge in [0.05, 0.1) is 0 Å². The predicted molar refractivity (Wildman–Crippen MR) is 107 cm³/mol. The largest absolute Gasteiger partial charge is 0.356 e. The summed E-state index contributed by atoms with van der Waals surface area (Å²) >= 11 is 0. The third-order valence-corrected chi connectivity index (χ3v) is 5.21. The molecule has 1 saturated heterocycles. The molecule has 0 spiro atoms. The second kappa shape index (κ2) is 8.21. The number of nitrogens with zero attached hydrogens (tertiary/aromatic N) is 6. The Morgan fingerprint density at radius 1 is 1.14 bits per heavy atom. The molecule has 1 aliphatic heterocycles. The van der Waals surface area contributed by atoms with Crippen molar-refractivity contribution in [1.82, 2.24) is 24.4 Å². The van der Waals surface area contributed by atoms with Crippen LogP contribution in [0.15, 0.2) is 61.4 Å². The molecule has 0 unspecified atom stereocenters. The SMILES string of the molecule is CN(Cc1ccccc1)C(=O)C1CCN(c2cc(-n3ccnc3)ncn2)CC1. The van der Waals surface area contributed by atoms with Gasteiger partial charge in [-0.15, -0.1) is 0 Å². The van der Waals surface area contributed by atoms with E-state index in [4.69, 9.17) is 0 Å². The number of imidazole rings is 1. The quantitative estimate of drug-likeness (QED) is 0.685. The molecule has 144 valence electrons. The molecule has 4 rings (SSSR count). The van der Waals surface area contributed by atoms with E-state index in [0.717, 1.165) is 43.1 Å². The summed E-state index contributed by atoms with van der Waals surface area (Å²) in [6.07, 6.45) is 8.56. The van der Waals surface area contributed by atoms with Crippen LogP contribution < -0.4 is 4.90 Å². The summed E-state index contributed by atoms with van der Waals surface area (Å²) in [4.78, 5) is 29.7. The van der Waals surface area contributed by atoms with Crippen molar-refractivity contribution < 1.29 is 4.79 Å². The fraction of sp³-hybridized carbons (Fsp3) is 0.333. The molecule has 0 atom stereocenters. The Labute approximate surface area is 164 Å². The number of piperidine rings is 1. The first-order valence-electron chi connectivity index (χ1n) is 9.55. The minimum atomic E-state index is 0.0694. The Kier molecular flexibility index (Phi) is 5.32. The zero-order valence-electron chi connectivity index (χ0n) is 16.0. The second-order valence-electron chi connectivity index (χ2n) is 7.15. The van der Waals surface area contributed by atoms with E-state index < -0.39 is 0 Å². The predicted octanol–water partition coefficient (Wildman–Crippen LogP) is 2.54. The van der Waals surface area contributed by atoms with E-state index in [9.17, 15) is 4.79 Å². The van der Waals surface area contributed by atoms with Crippen LogP contribution in [0.2, 0.25) is 0 Å². The average Bonchev–Trinajstić information content (AvgIpc) is 3.29. The molecule has 1 fully saturated rings. The molecule has 2 aromatic heterocycles. The molecule has 1 aliphatic rings. The summed E-state index contributed by atoms with van der Waals surface area (Å²) < 4.78 is 1.86.